The van der Waals surface area contributed by atoms with Gasteiger partial charge < -0.3 is 10.0 Å². The van der Waals surface area contributed by atoms with E-state index in [1.54, 1.807) is 0 Å². The molecule has 0 aliphatic carbocycles. The van der Waals surface area contributed by atoms with Gasteiger partial charge in [0.2, 0.25) is 0 Å². The van der Waals surface area contributed by atoms with Gasteiger partial charge in [-0.1, -0.05) is 25.4 Å². The van der Waals surface area contributed by atoms with Gasteiger partial charge in [-0.2, -0.15) is 0 Å². The Morgan fingerprint density at radius 2 is 2.29 bits per heavy atom. The van der Waals surface area contributed by atoms with Crippen molar-refractivity contribution in [2.45, 2.75) is 32.7 Å². The van der Waals surface area contributed by atoms with Gasteiger partial charge in [0.1, 0.15) is 17.3 Å². The zero-order chi connectivity index (χ0) is 12.4. The highest BCUT2D eigenvalue weighted by molar-refractivity contribution is 6.30. The van der Waals surface area contributed by atoms with E-state index in [1.165, 1.54) is 6.33 Å². The molecular weight excluding hydrogens is 238 g/mol. The number of aromatic nitrogens is 2. The van der Waals surface area contributed by atoms with Gasteiger partial charge in [0.25, 0.3) is 0 Å². The molecule has 0 radical (unpaired) electrons. The first-order chi connectivity index (χ1) is 8.19. The third kappa shape index (κ3) is 2.24. The highest BCUT2D eigenvalue weighted by Crippen LogP contribution is 2.32. The zero-order valence-corrected chi connectivity index (χ0v) is 11.0. The Kier molecular flexibility index (Phi) is 3.84. The van der Waals surface area contributed by atoms with Gasteiger partial charge in [-0.3, -0.25) is 0 Å². The summed E-state index contributed by atoms with van der Waals surface area (Å²) < 4.78 is 0. The Morgan fingerprint density at radius 1 is 1.53 bits per heavy atom. The average Bonchev–Trinajstić information content (AvgIpc) is 2.69. The second-order valence-corrected chi connectivity index (χ2v) is 4.89. The predicted octanol–water partition coefficient (Wildman–Crippen LogP) is 1.90. The molecule has 1 saturated heterocycles. The van der Waals surface area contributed by atoms with E-state index in [1.807, 2.05) is 6.92 Å². The van der Waals surface area contributed by atoms with Crippen molar-refractivity contribution in [3.63, 3.8) is 0 Å². The Labute approximate surface area is 107 Å². The molecule has 94 valence electrons. The van der Waals surface area contributed by atoms with Gasteiger partial charge in [-0.15, -0.1) is 0 Å². The van der Waals surface area contributed by atoms with Crippen LogP contribution in [0.3, 0.4) is 0 Å². The third-order valence-electron chi connectivity index (χ3n) is 3.57. The molecule has 0 aromatic carbocycles. The van der Waals surface area contributed by atoms with Gasteiger partial charge in [-0.05, 0) is 18.8 Å². The molecule has 2 heterocycles. The Balaban J connectivity index is 2.37. The fourth-order valence-corrected chi connectivity index (χ4v) is 2.75. The summed E-state index contributed by atoms with van der Waals surface area (Å²) in [5.41, 5.74) is 0.974. The molecule has 1 aromatic heterocycles. The molecule has 2 unspecified atom stereocenters. The summed E-state index contributed by atoms with van der Waals surface area (Å²) in [6.07, 6.45) is 3.38. The fourth-order valence-electron chi connectivity index (χ4n) is 2.48. The largest absolute Gasteiger partial charge is 0.394 e. The number of hydrogen-bond donors (Lipinski definition) is 1. The fraction of sp³-hybridized carbons (Fsp3) is 0.667. The van der Waals surface area contributed by atoms with Crippen molar-refractivity contribution in [2.24, 2.45) is 5.92 Å². The number of nitrogens with zero attached hydrogens (tertiary/aromatic N) is 3. The minimum absolute atomic E-state index is 0.145. The minimum Gasteiger partial charge on any atom is -0.394 e. The number of rotatable bonds is 3. The Hall–Kier alpha value is -0.870. The summed E-state index contributed by atoms with van der Waals surface area (Å²) in [7, 11) is 0. The zero-order valence-electron chi connectivity index (χ0n) is 10.2. The number of hydrogen-bond acceptors (Lipinski definition) is 4. The van der Waals surface area contributed by atoms with Crippen molar-refractivity contribution >= 4 is 17.4 Å². The molecule has 1 aliphatic rings. The second kappa shape index (κ2) is 5.19. The van der Waals surface area contributed by atoms with E-state index in [-0.39, 0.29) is 12.6 Å². The van der Waals surface area contributed by atoms with Crippen molar-refractivity contribution in [2.75, 3.05) is 18.1 Å². The maximum absolute atomic E-state index is 9.48. The highest BCUT2D eigenvalue weighted by Gasteiger charge is 2.32. The maximum atomic E-state index is 9.48. The molecule has 2 rings (SSSR count). The van der Waals surface area contributed by atoms with E-state index in [4.69, 9.17) is 11.6 Å². The molecule has 0 bridgehead atoms. The van der Waals surface area contributed by atoms with Gasteiger partial charge in [0, 0.05) is 12.1 Å². The lowest BCUT2D eigenvalue weighted by Gasteiger charge is -2.27. The van der Waals surface area contributed by atoms with Crippen LogP contribution in [0.5, 0.6) is 0 Å². The summed E-state index contributed by atoms with van der Waals surface area (Å²) in [6, 6.07) is 0.145. The molecule has 1 aromatic rings. The van der Waals surface area contributed by atoms with E-state index >= 15 is 0 Å². The first-order valence-corrected chi connectivity index (χ1v) is 6.43. The van der Waals surface area contributed by atoms with Crippen molar-refractivity contribution < 1.29 is 5.11 Å². The van der Waals surface area contributed by atoms with E-state index in [0.717, 1.165) is 30.8 Å². The summed E-state index contributed by atoms with van der Waals surface area (Å²) in [4.78, 5) is 10.5. The molecule has 2 atom stereocenters. The van der Waals surface area contributed by atoms with Crippen molar-refractivity contribution in [1.29, 1.82) is 0 Å². The van der Waals surface area contributed by atoms with Crippen LogP contribution in [0, 0.1) is 5.92 Å². The lowest BCUT2D eigenvalue weighted by molar-refractivity contribution is 0.244. The quantitative estimate of drug-likeness (QED) is 0.839. The van der Waals surface area contributed by atoms with Crippen LogP contribution in [-0.4, -0.2) is 34.3 Å². The normalized spacial score (nSPS) is 24.4. The molecular formula is C12H18ClN3O. The van der Waals surface area contributed by atoms with E-state index < -0.39 is 0 Å². The van der Waals surface area contributed by atoms with Crippen LogP contribution in [0.25, 0.3) is 0 Å². The standard InChI is InChI=1S/C12H18ClN3O/c1-3-9-11(13)14-7-15-12(9)16-5-4-8(2)10(16)6-17/h7-8,10,17H,3-6H2,1-2H3. The van der Waals surface area contributed by atoms with Crippen LogP contribution in [0.4, 0.5) is 5.82 Å². The van der Waals surface area contributed by atoms with E-state index in [9.17, 15) is 5.11 Å². The van der Waals surface area contributed by atoms with Gasteiger partial charge in [-0.25, -0.2) is 9.97 Å². The smallest absolute Gasteiger partial charge is 0.137 e. The maximum Gasteiger partial charge on any atom is 0.137 e. The highest BCUT2D eigenvalue weighted by atomic mass is 35.5. The van der Waals surface area contributed by atoms with Crippen LogP contribution in [0.15, 0.2) is 6.33 Å². The third-order valence-corrected chi connectivity index (χ3v) is 3.89. The minimum atomic E-state index is 0.145. The summed E-state index contributed by atoms with van der Waals surface area (Å²) in [6.45, 7) is 5.29. The lowest BCUT2D eigenvalue weighted by Crippen LogP contribution is -2.36. The molecule has 0 spiro atoms. The predicted molar refractivity (Wildman–Crippen MR) is 68.4 cm³/mol. The summed E-state index contributed by atoms with van der Waals surface area (Å²) >= 11 is 6.09. The van der Waals surface area contributed by atoms with Crippen LogP contribution in [-0.2, 0) is 6.42 Å². The van der Waals surface area contributed by atoms with Gasteiger partial charge >= 0.3 is 0 Å². The topological polar surface area (TPSA) is 49.2 Å². The Bertz CT molecular complexity index is 399. The van der Waals surface area contributed by atoms with Crippen molar-refractivity contribution in [3.8, 4) is 0 Å². The van der Waals surface area contributed by atoms with Crippen LogP contribution >= 0.6 is 11.6 Å². The van der Waals surface area contributed by atoms with Gasteiger partial charge in [0.15, 0.2) is 0 Å². The van der Waals surface area contributed by atoms with Crippen LogP contribution < -0.4 is 4.90 Å². The molecule has 0 saturated carbocycles. The summed E-state index contributed by atoms with van der Waals surface area (Å²) in [5, 5.41) is 10.0. The van der Waals surface area contributed by atoms with Crippen LogP contribution in [0.2, 0.25) is 5.15 Å². The molecule has 17 heavy (non-hydrogen) atoms. The van der Waals surface area contributed by atoms with Crippen molar-refractivity contribution in [1.82, 2.24) is 9.97 Å². The molecule has 5 heteroatoms. The Morgan fingerprint density at radius 3 is 2.94 bits per heavy atom. The molecule has 1 N–H and O–H groups in total. The number of anilines is 1. The van der Waals surface area contributed by atoms with Gasteiger partial charge in [0.05, 0.1) is 12.6 Å². The molecule has 0 amide bonds. The van der Waals surface area contributed by atoms with E-state index in [0.29, 0.717) is 11.1 Å². The first-order valence-electron chi connectivity index (χ1n) is 6.05. The molecule has 1 fully saturated rings. The second-order valence-electron chi connectivity index (χ2n) is 4.53. The molecule has 1 aliphatic heterocycles. The first kappa shape index (κ1) is 12.6. The summed E-state index contributed by atoms with van der Waals surface area (Å²) in [5.74, 6) is 1.37. The lowest BCUT2D eigenvalue weighted by atomic mass is 10.0. The monoisotopic (exact) mass is 255 g/mol. The van der Waals surface area contributed by atoms with Crippen LogP contribution in [0.1, 0.15) is 25.8 Å². The number of aliphatic hydroxyl groups excluding tert-OH is 1. The average molecular weight is 256 g/mol. The van der Waals surface area contributed by atoms with Crippen molar-refractivity contribution in [3.05, 3.63) is 17.0 Å². The molecule has 4 nitrogen and oxygen atoms in total. The SMILES string of the molecule is CCc1c(Cl)ncnc1N1CCC(C)C1CO. The number of aliphatic hydroxyl groups is 1. The number of halogens is 1. The van der Waals surface area contributed by atoms with E-state index in [2.05, 4.69) is 21.8 Å².